The summed E-state index contributed by atoms with van der Waals surface area (Å²) in [4.78, 5) is 36.5. The molecule has 1 aromatic carbocycles. The third-order valence-corrected chi connectivity index (χ3v) is 3.97. The van der Waals surface area contributed by atoms with Crippen LogP contribution in [0.1, 0.15) is 12.6 Å². The number of rotatable bonds is 5. The number of aliphatic carboxylic acids is 1. The van der Waals surface area contributed by atoms with Crippen molar-refractivity contribution >= 4 is 41.0 Å². The average Bonchev–Trinajstić information content (AvgIpc) is 2.62. The summed E-state index contributed by atoms with van der Waals surface area (Å²) in [5, 5.41) is 13.2. The zero-order chi connectivity index (χ0) is 19.6. The third-order valence-electron chi connectivity index (χ3n) is 3.60. The molecule has 0 spiro atoms. The minimum absolute atomic E-state index is 0.0252. The number of halogens is 1. The number of thiol groups is 1. The fraction of sp³-hybridized carbons (Fsp3) is 0.176. The van der Waals surface area contributed by atoms with E-state index in [1.54, 1.807) is 6.92 Å². The van der Waals surface area contributed by atoms with Crippen LogP contribution in [0.5, 0.6) is 0 Å². The molecule has 3 rings (SSSR count). The molecule has 0 bridgehead atoms. The first-order valence-electron chi connectivity index (χ1n) is 7.80. The van der Waals surface area contributed by atoms with Crippen molar-refractivity contribution in [3.8, 4) is 0 Å². The molecule has 10 heteroatoms. The minimum atomic E-state index is -1.11. The second-order valence-electron chi connectivity index (χ2n) is 5.71. The SMILES string of the molecule is C/C(Cn1nc(CC(=O)O)c2nccnc2c1=O)=N\c1cc(F)ccc1S. The van der Waals surface area contributed by atoms with Gasteiger partial charge < -0.3 is 5.11 Å². The quantitative estimate of drug-likeness (QED) is 0.512. The summed E-state index contributed by atoms with van der Waals surface area (Å²) in [6.45, 7) is 1.62. The van der Waals surface area contributed by atoms with Gasteiger partial charge in [-0.05, 0) is 19.1 Å². The number of carbonyl (C=O) groups is 1. The standard InChI is InChI=1S/C17H14FN5O3S/c1-9(21-11-6-10(18)2-3-13(11)27)8-23-17(26)16-15(19-4-5-20-16)12(22-23)7-14(24)25/h2-6,27H,7-8H2,1H3,(H,24,25)/b21-9+. The maximum atomic E-state index is 13.4. The number of fused-ring (bicyclic) bond motifs is 1. The molecule has 2 heterocycles. The molecule has 0 saturated carbocycles. The smallest absolute Gasteiger partial charge is 0.309 e. The number of carboxylic acid groups (broad SMARTS) is 1. The highest BCUT2D eigenvalue weighted by molar-refractivity contribution is 7.80. The van der Waals surface area contributed by atoms with Crippen LogP contribution in [0.3, 0.4) is 0 Å². The van der Waals surface area contributed by atoms with Crippen LogP contribution in [-0.4, -0.2) is 36.5 Å². The number of hydrogen-bond donors (Lipinski definition) is 2. The highest BCUT2D eigenvalue weighted by Gasteiger charge is 2.15. The number of carboxylic acids is 1. The van der Waals surface area contributed by atoms with Crippen molar-refractivity contribution in [2.45, 2.75) is 24.8 Å². The molecule has 0 saturated heterocycles. The predicted octanol–water partition coefficient (Wildman–Crippen LogP) is 2.03. The topological polar surface area (TPSA) is 110 Å². The van der Waals surface area contributed by atoms with Crippen LogP contribution >= 0.6 is 12.6 Å². The molecule has 0 radical (unpaired) electrons. The number of nitrogens with zero attached hydrogens (tertiary/aromatic N) is 5. The number of hydrogen-bond acceptors (Lipinski definition) is 7. The van der Waals surface area contributed by atoms with Gasteiger partial charge in [0, 0.05) is 29.1 Å². The molecule has 3 aromatic rings. The normalized spacial score (nSPS) is 11.7. The van der Waals surface area contributed by atoms with Crippen LogP contribution < -0.4 is 5.56 Å². The van der Waals surface area contributed by atoms with Crippen molar-refractivity contribution in [1.29, 1.82) is 0 Å². The maximum Gasteiger partial charge on any atom is 0.309 e. The van der Waals surface area contributed by atoms with Gasteiger partial charge in [0.2, 0.25) is 0 Å². The van der Waals surface area contributed by atoms with Gasteiger partial charge in [0.15, 0.2) is 5.52 Å². The van der Waals surface area contributed by atoms with Crippen molar-refractivity contribution in [3.63, 3.8) is 0 Å². The van der Waals surface area contributed by atoms with Crippen molar-refractivity contribution in [2.24, 2.45) is 4.99 Å². The van der Waals surface area contributed by atoms with E-state index < -0.39 is 23.8 Å². The molecule has 0 aliphatic carbocycles. The molecule has 0 amide bonds. The van der Waals surface area contributed by atoms with Gasteiger partial charge in [0.05, 0.1) is 18.7 Å². The summed E-state index contributed by atoms with van der Waals surface area (Å²) in [5.41, 5.74) is 0.548. The van der Waals surface area contributed by atoms with Crippen LogP contribution in [0, 0.1) is 5.82 Å². The maximum absolute atomic E-state index is 13.4. The first-order valence-corrected chi connectivity index (χ1v) is 8.25. The van der Waals surface area contributed by atoms with E-state index in [-0.39, 0.29) is 23.3 Å². The van der Waals surface area contributed by atoms with Gasteiger partial charge in [0.25, 0.3) is 5.56 Å². The average molecular weight is 387 g/mol. The van der Waals surface area contributed by atoms with Crippen molar-refractivity contribution in [3.05, 3.63) is 52.5 Å². The van der Waals surface area contributed by atoms with E-state index in [0.29, 0.717) is 16.3 Å². The Bertz CT molecular complexity index is 1130. The van der Waals surface area contributed by atoms with Crippen LogP contribution in [0.4, 0.5) is 10.1 Å². The lowest BCUT2D eigenvalue weighted by molar-refractivity contribution is -0.136. The largest absolute Gasteiger partial charge is 0.481 e. The van der Waals surface area contributed by atoms with Gasteiger partial charge in [-0.1, -0.05) is 0 Å². The molecule has 138 valence electrons. The molecule has 0 fully saturated rings. The molecule has 1 N–H and O–H groups in total. The Morgan fingerprint density at radius 3 is 2.70 bits per heavy atom. The van der Waals surface area contributed by atoms with E-state index in [1.807, 2.05) is 0 Å². The zero-order valence-corrected chi connectivity index (χ0v) is 15.0. The Kier molecular flexibility index (Phi) is 5.26. The van der Waals surface area contributed by atoms with Crippen LogP contribution in [0.2, 0.25) is 0 Å². The molecule has 0 aliphatic heterocycles. The molecule has 0 unspecified atom stereocenters. The fourth-order valence-electron chi connectivity index (χ4n) is 2.48. The Labute approximate surface area is 157 Å². The lowest BCUT2D eigenvalue weighted by atomic mass is 10.2. The van der Waals surface area contributed by atoms with E-state index in [4.69, 9.17) is 5.11 Å². The fourth-order valence-corrected chi connectivity index (χ4v) is 2.67. The predicted molar refractivity (Wildman–Crippen MR) is 99.4 cm³/mol. The Morgan fingerprint density at radius 2 is 2.00 bits per heavy atom. The van der Waals surface area contributed by atoms with E-state index in [1.165, 1.54) is 30.6 Å². The van der Waals surface area contributed by atoms with Gasteiger partial charge >= 0.3 is 5.97 Å². The van der Waals surface area contributed by atoms with Gasteiger partial charge in [0.1, 0.15) is 17.0 Å². The third kappa shape index (κ3) is 4.17. The lowest BCUT2D eigenvalue weighted by Crippen LogP contribution is -2.28. The Hall–Kier alpha value is -3.14. The van der Waals surface area contributed by atoms with Crippen LogP contribution in [-0.2, 0) is 17.8 Å². The molecule has 2 aromatic heterocycles. The summed E-state index contributed by atoms with van der Waals surface area (Å²) in [5.74, 6) is -1.57. The lowest BCUT2D eigenvalue weighted by Gasteiger charge is -2.09. The summed E-state index contributed by atoms with van der Waals surface area (Å²) in [6, 6.07) is 3.97. The van der Waals surface area contributed by atoms with Gasteiger partial charge in [-0.25, -0.2) is 14.1 Å². The molecule has 0 atom stereocenters. The Morgan fingerprint density at radius 1 is 1.30 bits per heavy atom. The second kappa shape index (κ2) is 7.62. The van der Waals surface area contributed by atoms with Crippen LogP contribution in [0.15, 0.2) is 45.3 Å². The van der Waals surface area contributed by atoms with E-state index >= 15 is 0 Å². The summed E-state index contributed by atoms with van der Waals surface area (Å²) < 4.78 is 14.5. The number of benzene rings is 1. The van der Waals surface area contributed by atoms with Crippen molar-refractivity contribution in [1.82, 2.24) is 19.7 Å². The molecule has 0 aliphatic rings. The number of aromatic nitrogens is 4. The van der Waals surface area contributed by atoms with Crippen molar-refractivity contribution in [2.75, 3.05) is 0 Å². The molecular formula is C17H14FN5O3S. The van der Waals surface area contributed by atoms with Gasteiger partial charge in [-0.2, -0.15) is 5.10 Å². The van der Waals surface area contributed by atoms with E-state index in [9.17, 15) is 14.0 Å². The molecular weight excluding hydrogens is 373 g/mol. The highest BCUT2D eigenvalue weighted by atomic mass is 32.1. The summed E-state index contributed by atoms with van der Waals surface area (Å²) in [6.07, 6.45) is 2.31. The first-order chi connectivity index (χ1) is 12.8. The Balaban J connectivity index is 2.05. The summed E-state index contributed by atoms with van der Waals surface area (Å²) >= 11 is 4.23. The van der Waals surface area contributed by atoms with Gasteiger partial charge in [-0.15, -0.1) is 12.6 Å². The monoisotopic (exact) mass is 387 g/mol. The van der Waals surface area contributed by atoms with Crippen LogP contribution in [0.25, 0.3) is 11.0 Å². The van der Waals surface area contributed by atoms with E-state index in [2.05, 4.69) is 32.7 Å². The molecule has 8 nitrogen and oxygen atoms in total. The van der Waals surface area contributed by atoms with E-state index in [0.717, 1.165) is 4.68 Å². The first kappa shape index (κ1) is 18.6. The van der Waals surface area contributed by atoms with Gasteiger partial charge in [-0.3, -0.25) is 19.6 Å². The van der Waals surface area contributed by atoms with Crippen molar-refractivity contribution < 1.29 is 14.3 Å². The zero-order valence-electron chi connectivity index (χ0n) is 14.1. The summed E-state index contributed by atoms with van der Waals surface area (Å²) in [7, 11) is 0. The minimum Gasteiger partial charge on any atom is -0.481 e. The number of aliphatic imine (C=N–C) groups is 1. The molecule has 27 heavy (non-hydrogen) atoms. The second-order valence-corrected chi connectivity index (χ2v) is 6.20. The highest BCUT2D eigenvalue weighted by Crippen LogP contribution is 2.24.